The van der Waals surface area contributed by atoms with Gasteiger partial charge in [0.25, 0.3) is 5.91 Å². The molecule has 9 heteroatoms. The third-order valence-electron chi connectivity index (χ3n) is 5.06. The summed E-state index contributed by atoms with van der Waals surface area (Å²) in [7, 11) is 0. The van der Waals surface area contributed by atoms with Crippen LogP contribution in [0.25, 0.3) is 0 Å². The van der Waals surface area contributed by atoms with E-state index >= 15 is 0 Å². The standard InChI is InChI=1S/C22H20F3N3OS2/c23-22(24,25)17-5-6-20(26-13-17)27-8-10-28(11-9-27)21(29)18-3-1-2-4-19(18)31-15-16-7-12-30-14-16/h1-7,12-14H,8-11,15H2. The van der Waals surface area contributed by atoms with Crippen LogP contribution in [0.4, 0.5) is 19.0 Å². The van der Waals surface area contributed by atoms with Crippen LogP contribution in [0.15, 0.2) is 64.3 Å². The molecule has 162 valence electrons. The highest BCUT2D eigenvalue weighted by molar-refractivity contribution is 7.98. The summed E-state index contributed by atoms with van der Waals surface area (Å²) in [5, 5.41) is 4.14. The maximum Gasteiger partial charge on any atom is 0.417 e. The maximum absolute atomic E-state index is 13.1. The Balaban J connectivity index is 1.38. The van der Waals surface area contributed by atoms with Crippen molar-refractivity contribution in [3.05, 3.63) is 76.1 Å². The molecule has 1 amide bonds. The Morgan fingerprint density at radius 1 is 1.06 bits per heavy atom. The SMILES string of the molecule is O=C(c1ccccc1SCc1ccsc1)N1CCN(c2ccc(C(F)(F)F)cn2)CC1. The lowest BCUT2D eigenvalue weighted by Crippen LogP contribution is -2.49. The molecule has 0 radical (unpaired) electrons. The summed E-state index contributed by atoms with van der Waals surface area (Å²) in [5.41, 5.74) is 1.15. The molecule has 0 aliphatic carbocycles. The van der Waals surface area contributed by atoms with Crippen molar-refractivity contribution in [2.45, 2.75) is 16.8 Å². The zero-order valence-corrected chi connectivity index (χ0v) is 18.1. The van der Waals surface area contributed by atoms with Crippen molar-refractivity contribution in [3.8, 4) is 0 Å². The molecule has 0 bridgehead atoms. The number of halogens is 3. The van der Waals surface area contributed by atoms with Crippen LogP contribution >= 0.6 is 23.1 Å². The molecule has 0 N–H and O–H groups in total. The number of benzene rings is 1. The highest BCUT2D eigenvalue weighted by Crippen LogP contribution is 2.30. The Morgan fingerprint density at radius 2 is 1.84 bits per heavy atom. The molecule has 4 rings (SSSR count). The normalized spacial score (nSPS) is 14.7. The maximum atomic E-state index is 13.1. The van der Waals surface area contributed by atoms with Crippen molar-refractivity contribution in [1.82, 2.24) is 9.88 Å². The molecule has 1 aliphatic rings. The highest BCUT2D eigenvalue weighted by atomic mass is 32.2. The van der Waals surface area contributed by atoms with Gasteiger partial charge in [-0.15, -0.1) is 11.8 Å². The fourth-order valence-electron chi connectivity index (χ4n) is 3.35. The van der Waals surface area contributed by atoms with Gasteiger partial charge in [-0.25, -0.2) is 4.98 Å². The summed E-state index contributed by atoms with van der Waals surface area (Å²) >= 11 is 3.30. The van der Waals surface area contributed by atoms with E-state index in [1.807, 2.05) is 34.5 Å². The number of rotatable bonds is 5. The molecule has 31 heavy (non-hydrogen) atoms. The number of thioether (sulfide) groups is 1. The molecule has 4 nitrogen and oxygen atoms in total. The lowest BCUT2D eigenvalue weighted by Gasteiger charge is -2.35. The van der Waals surface area contributed by atoms with Gasteiger partial charge < -0.3 is 9.80 Å². The van der Waals surface area contributed by atoms with E-state index in [0.717, 1.165) is 22.9 Å². The van der Waals surface area contributed by atoms with E-state index in [2.05, 4.69) is 16.4 Å². The monoisotopic (exact) mass is 463 g/mol. The number of piperazine rings is 1. The van der Waals surface area contributed by atoms with E-state index in [4.69, 9.17) is 0 Å². The minimum absolute atomic E-state index is 0.0200. The number of hydrogen-bond acceptors (Lipinski definition) is 5. The lowest BCUT2D eigenvalue weighted by molar-refractivity contribution is -0.137. The van der Waals surface area contributed by atoms with Crippen LogP contribution in [-0.2, 0) is 11.9 Å². The fourth-order valence-corrected chi connectivity index (χ4v) is 5.12. The van der Waals surface area contributed by atoms with Gasteiger partial charge in [0.1, 0.15) is 5.82 Å². The lowest BCUT2D eigenvalue weighted by atomic mass is 10.1. The van der Waals surface area contributed by atoms with Crippen molar-refractivity contribution in [1.29, 1.82) is 0 Å². The van der Waals surface area contributed by atoms with E-state index in [1.54, 1.807) is 28.0 Å². The van der Waals surface area contributed by atoms with Crippen LogP contribution in [0.5, 0.6) is 0 Å². The van der Waals surface area contributed by atoms with E-state index < -0.39 is 11.7 Å². The number of nitrogens with zero attached hydrogens (tertiary/aromatic N) is 3. The van der Waals surface area contributed by atoms with Crippen LogP contribution in [0.2, 0.25) is 0 Å². The minimum atomic E-state index is -4.40. The molecule has 1 aliphatic heterocycles. The fraction of sp³-hybridized carbons (Fsp3) is 0.273. The van der Waals surface area contributed by atoms with Gasteiger partial charge >= 0.3 is 6.18 Å². The van der Waals surface area contributed by atoms with Crippen LogP contribution in [-0.4, -0.2) is 42.0 Å². The number of thiophene rings is 1. The van der Waals surface area contributed by atoms with Gasteiger partial charge in [0.2, 0.25) is 0 Å². The molecular formula is C22H20F3N3OS2. The molecule has 1 saturated heterocycles. The van der Waals surface area contributed by atoms with Gasteiger partial charge in [-0.3, -0.25) is 4.79 Å². The molecule has 0 spiro atoms. The van der Waals surface area contributed by atoms with E-state index in [9.17, 15) is 18.0 Å². The first-order valence-electron chi connectivity index (χ1n) is 9.72. The first kappa shape index (κ1) is 21.7. The number of carbonyl (C=O) groups excluding carboxylic acids is 1. The Bertz CT molecular complexity index is 1020. The number of alkyl halides is 3. The molecule has 2 aromatic heterocycles. The second-order valence-corrected chi connectivity index (χ2v) is 8.90. The summed E-state index contributed by atoms with van der Waals surface area (Å²) in [5.74, 6) is 1.28. The molecular weight excluding hydrogens is 443 g/mol. The molecule has 3 heterocycles. The number of aromatic nitrogens is 1. The number of pyridine rings is 1. The summed E-state index contributed by atoms with van der Waals surface area (Å²) in [4.78, 5) is 21.7. The number of amides is 1. The smallest absolute Gasteiger partial charge is 0.353 e. The average molecular weight is 464 g/mol. The first-order valence-corrected chi connectivity index (χ1v) is 11.6. The van der Waals surface area contributed by atoms with Gasteiger partial charge in [-0.1, -0.05) is 12.1 Å². The van der Waals surface area contributed by atoms with Crippen LogP contribution in [0.1, 0.15) is 21.5 Å². The summed E-state index contributed by atoms with van der Waals surface area (Å²) in [6.07, 6.45) is -3.54. The second kappa shape index (κ2) is 9.32. The molecule has 1 aromatic carbocycles. The molecule has 0 saturated carbocycles. The predicted octanol–water partition coefficient (Wildman–Crippen LogP) is 5.42. The molecule has 3 aromatic rings. The van der Waals surface area contributed by atoms with Crippen molar-refractivity contribution < 1.29 is 18.0 Å². The van der Waals surface area contributed by atoms with Crippen LogP contribution < -0.4 is 4.90 Å². The Morgan fingerprint density at radius 3 is 2.48 bits per heavy atom. The summed E-state index contributed by atoms with van der Waals surface area (Å²) < 4.78 is 38.2. The van der Waals surface area contributed by atoms with Crippen LogP contribution in [0.3, 0.4) is 0 Å². The zero-order chi connectivity index (χ0) is 21.8. The van der Waals surface area contributed by atoms with Crippen molar-refractivity contribution in [3.63, 3.8) is 0 Å². The van der Waals surface area contributed by atoms with Gasteiger partial charge in [-0.2, -0.15) is 24.5 Å². The van der Waals surface area contributed by atoms with E-state index in [0.29, 0.717) is 37.6 Å². The zero-order valence-electron chi connectivity index (χ0n) is 16.5. The van der Waals surface area contributed by atoms with Crippen molar-refractivity contribution >= 4 is 34.8 Å². The van der Waals surface area contributed by atoms with Gasteiger partial charge in [0.15, 0.2) is 0 Å². The topological polar surface area (TPSA) is 36.4 Å². The highest BCUT2D eigenvalue weighted by Gasteiger charge is 2.31. The second-order valence-electron chi connectivity index (χ2n) is 7.10. The van der Waals surface area contributed by atoms with Crippen LogP contribution in [0, 0.1) is 0 Å². The van der Waals surface area contributed by atoms with Gasteiger partial charge in [0, 0.05) is 43.0 Å². The first-order chi connectivity index (χ1) is 14.9. The molecule has 0 atom stereocenters. The number of carbonyl (C=O) groups is 1. The van der Waals surface area contributed by atoms with Crippen molar-refractivity contribution in [2.75, 3.05) is 31.1 Å². The van der Waals surface area contributed by atoms with E-state index in [1.165, 1.54) is 11.6 Å². The number of hydrogen-bond donors (Lipinski definition) is 0. The predicted molar refractivity (Wildman–Crippen MR) is 118 cm³/mol. The van der Waals surface area contributed by atoms with Gasteiger partial charge in [-0.05, 0) is 46.7 Å². The molecule has 1 fully saturated rings. The molecule has 0 unspecified atom stereocenters. The summed E-state index contributed by atoms with van der Waals surface area (Å²) in [6.45, 7) is 2.03. The largest absolute Gasteiger partial charge is 0.417 e. The average Bonchev–Trinajstić information content (AvgIpc) is 3.31. The quantitative estimate of drug-likeness (QED) is 0.474. The Kier molecular flexibility index (Phi) is 6.52. The van der Waals surface area contributed by atoms with Gasteiger partial charge in [0.05, 0.1) is 11.1 Å². The Hall–Kier alpha value is -2.52. The van der Waals surface area contributed by atoms with E-state index in [-0.39, 0.29) is 5.91 Å². The van der Waals surface area contributed by atoms with Crippen molar-refractivity contribution in [2.24, 2.45) is 0 Å². The minimum Gasteiger partial charge on any atom is -0.353 e. The third kappa shape index (κ3) is 5.22. The number of anilines is 1. The Labute approximate surface area is 186 Å². The third-order valence-corrected chi connectivity index (χ3v) is 6.93. The summed E-state index contributed by atoms with van der Waals surface area (Å²) in [6, 6.07) is 12.1.